The van der Waals surface area contributed by atoms with Crippen LogP contribution in [-0.2, 0) is 4.74 Å². The molecule has 2 saturated carbocycles. The smallest absolute Gasteiger partial charge is 0.273 e. The molecule has 2 aliphatic heterocycles. The summed E-state index contributed by atoms with van der Waals surface area (Å²) in [6.07, 6.45) is 15.1. The molecule has 0 bridgehead atoms. The third-order valence-electron chi connectivity index (χ3n) is 7.56. The van der Waals surface area contributed by atoms with Gasteiger partial charge in [-0.2, -0.15) is 0 Å². The number of amides is 1. The average Bonchev–Trinajstić information content (AvgIpc) is 3.50. The normalized spacial score (nSPS) is 27.3. The van der Waals surface area contributed by atoms with Gasteiger partial charge in [0.1, 0.15) is 5.69 Å². The van der Waals surface area contributed by atoms with E-state index in [4.69, 9.17) is 9.72 Å². The molecule has 0 spiro atoms. The monoisotopic (exact) mass is 431 g/mol. The van der Waals surface area contributed by atoms with Gasteiger partial charge in [0.2, 0.25) is 0 Å². The van der Waals surface area contributed by atoms with Crippen molar-refractivity contribution in [2.45, 2.75) is 101 Å². The minimum absolute atomic E-state index is 0.207. The number of carbonyl (C=O) groups is 1. The Morgan fingerprint density at radius 2 is 1.73 bits per heavy atom. The molecule has 1 amide bonds. The highest BCUT2D eigenvalue weighted by atomic mass is 32.1. The number of rotatable bonds is 6. The lowest BCUT2D eigenvalue weighted by molar-refractivity contribution is -0.00950. The van der Waals surface area contributed by atoms with Crippen molar-refractivity contribution < 1.29 is 9.53 Å². The molecule has 5 rings (SSSR count). The number of carbonyl (C=O) groups excluding carboxylic acids is 1. The van der Waals surface area contributed by atoms with Gasteiger partial charge in [-0.3, -0.25) is 4.79 Å². The van der Waals surface area contributed by atoms with Crippen molar-refractivity contribution in [3.8, 4) is 0 Å². The number of nitrogens with zero attached hydrogens (tertiary/aromatic N) is 3. The fourth-order valence-corrected chi connectivity index (χ4v) is 6.61. The first-order valence-electron chi connectivity index (χ1n) is 12.4. The molecule has 1 aromatic heterocycles. The van der Waals surface area contributed by atoms with Crippen molar-refractivity contribution in [3.63, 3.8) is 0 Å². The van der Waals surface area contributed by atoms with Crippen LogP contribution in [-0.4, -0.2) is 65.1 Å². The van der Waals surface area contributed by atoms with Crippen LogP contribution in [0.2, 0.25) is 0 Å². The summed E-state index contributed by atoms with van der Waals surface area (Å²) in [7, 11) is 0. The number of ether oxygens (including phenoxy) is 1. The van der Waals surface area contributed by atoms with E-state index in [2.05, 4.69) is 9.80 Å². The summed E-state index contributed by atoms with van der Waals surface area (Å²) in [5, 5.41) is 3.23. The number of aromatic nitrogens is 1. The summed E-state index contributed by atoms with van der Waals surface area (Å²) in [6, 6.07) is 0.935. The van der Waals surface area contributed by atoms with E-state index in [0.717, 1.165) is 39.1 Å². The predicted molar refractivity (Wildman–Crippen MR) is 120 cm³/mol. The van der Waals surface area contributed by atoms with E-state index in [1.165, 1.54) is 69.2 Å². The third kappa shape index (κ3) is 4.91. The van der Waals surface area contributed by atoms with E-state index < -0.39 is 0 Å². The number of likely N-dealkylation sites (tertiary alicyclic amines) is 1. The molecule has 4 aliphatic rings. The summed E-state index contributed by atoms with van der Waals surface area (Å²) in [5.41, 5.74) is 0.713. The van der Waals surface area contributed by atoms with Gasteiger partial charge in [0.15, 0.2) is 0 Å². The van der Waals surface area contributed by atoms with Gasteiger partial charge in [0, 0.05) is 36.5 Å². The first kappa shape index (κ1) is 20.9. The third-order valence-corrected chi connectivity index (χ3v) is 8.56. The fraction of sp³-hybridized carbons (Fsp3) is 0.833. The molecule has 0 aromatic carbocycles. The molecule has 30 heavy (non-hydrogen) atoms. The van der Waals surface area contributed by atoms with Crippen LogP contribution in [0.4, 0.5) is 0 Å². The molecule has 166 valence electrons. The Hall–Kier alpha value is -0.980. The van der Waals surface area contributed by atoms with Crippen LogP contribution in [0.25, 0.3) is 0 Å². The van der Waals surface area contributed by atoms with Gasteiger partial charge in [-0.15, -0.1) is 11.3 Å². The second-order valence-corrected chi connectivity index (χ2v) is 10.8. The number of thiazole rings is 1. The van der Waals surface area contributed by atoms with Gasteiger partial charge in [-0.25, -0.2) is 4.98 Å². The van der Waals surface area contributed by atoms with Crippen LogP contribution in [0.3, 0.4) is 0 Å². The molecule has 2 aliphatic carbocycles. The SMILES string of the molecule is O=C(c1csc(C2CCN(CC3CCCCO3)CC2)n1)N(C1CCCCC1)C1CC1. The number of hydrogen-bond acceptors (Lipinski definition) is 5. The van der Waals surface area contributed by atoms with Gasteiger partial charge < -0.3 is 14.5 Å². The maximum Gasteiger partial charge on any atom is 0.273 e. The standard InChI is InChI=1S/C24H37N3O2S/c28-24(27(20-9-10-20)19-6-2-1-3-7-19)22-17-30-23(25-22)18-11-13-26(14-12-18)16-21-8-4-5-15-29-21/h17-21H,1-16H2. The Labute approximate surface area is 185 Å². The Kier molecular flexibility index (Phi) is 6.73. The molecule has 4 fully saturated rings. The number of hydrogen-bond donors (Lipinski definition) is 0. The zero-order chi connectivity index (χ0) is 20.3. The van der Waals surface area contributed by atoms with E-state index in [9.17, 15) is 4.79 Å². The Bertz CT molecular complexity index is 699. The van der Waals surface area contributed by atoms with E-state index in [-0.39, 0.29) is 5.91 Å². The van der Waals surface area contributed by atoms with Crippen molar-refractivity contribution in [3.05, 3.63) is 16.1 Å². The zero-order valence-corrected chi connectivity index (χ0v) is 19.1. The van der Waals surface area contributed by atoms with Crippen LogP contribution in [0.15, 0.2) is 5.38 Å². The van der Waals surface area contributed by atoms with Crippen LogP contribution in [0, 0.1) is 0 Å². The summed E-state index contributed by atoms with van der Waals surface area (Å²) >= 11 is 1.72. The molecular weight excluding hydrogens is 394 g/mol. The molecule has 1 aromatic rings. The van der Waals surface area contributed by atoms with Crippen molar-refractivity contribution in [2.75, 3.05) is 26.2 Å². The molecule has 0 radical (unpaired) electrons. The lowest BCUT2D eigenvalue weighted by Gasteiger charge is -2.35. The van der Waals surface area contributed by atoms with Gasteiger partial charge >= 0.3 is 0 Å². The van der Waals surface area contributed by atoms with Crippen molar-refractivity contribution in [2.24, 2.45) is 0 Å². The molecule has 6 heteroatoms. The van der Waals surface area contributed by atoms with Gasteiger partial charge in [-0.05, 0) is 70.9 Å². The Balaban J connectivity index is 1.17. The van der Waals surface area contributed by atoms with Crippen LogP contribution < -0.4 is 0 Å². The second kappa shape index (κ2) is 9.66. The van der Waals surface area contributed by atoms with Gasteiger partial charge in [0.05, 0.1) is 11.1 Å². The maximum atomic E-state index is 13.3. The molecule has 2 saturated heterocycles. The minimum atomic E-state index is 0.207. The molecule has 5 nitrogen and oxygen atoms in total. The molecular formula is C24H37N3O2S. The maximum absolute atomic E-state index is 13.3. The highest BCUT2D eigenvalue weighted by molar-refractivity contribution is 7.09. The first-order chi connectivity index (χ1) is 14.8. The Morgan fingerprint density at radius 3 is 2.43 bits per heavy atom. The minimum Gasteiger partial charge on any atom is -0.377 e. The van der Waals surface area contributed by atoms with E-state index in [1.54, 1.807) is 11.3 Å². The predicted octanol–water partition coefficient (Wildman–Crippen LogP) is 4.83. The Morgan fingerprint density at radius 1 is 1.00 bits per heavy atom. The van der Waals surface area contributed by atoms with Crippen molar-refractivity contribution in [1.29, 1.82) is 0 Å². The average molecular weight is 432 g/mol. The van der Waals surface area contributed by atoms with Gasteiger partial charge in [-0.1, -0.05) is 19.3 Å². The van der Waals surface area contributed by atoms with E-state index >= 15 is 0 Å². The fourth-order valence-electron chi connectivity index (χ4n) is 5.65. The van der Waals surface area contributed by atoms with Crippen molar-refractivity contribution >= 4 is 17.2 Å². The van der Waals surface area contributed by atoms with Crippen molar-refractivity contribution in [1.82, 2.24) is 14.8 Å². The molecule has 0 N–H and O–H groups in total. The topological polar surface area (TPSA) is 45.7 Å². The summed E-state index contributed by atoms with van der Waals surface area (Å²) in [6.45, 7) is 4.29. The quantitative estimate of drug-likeness (QED) is 0.647. The lowest BCUT2D eigenvalue weighted by Crippen LogP contribution is -2.43. The second-order valence-electron chi connectivity index (χ2n) is 9.87. The zero-order valence-electron chi connectivity index (χ0n) is 18.3. The number of piperidine rings is 1. The highest BCUT2D eigenvalue weighted by Gasteiger charge is 2.39. The summed E-state index contributed by atoms with van der Waals surface area (Å²) in [4.78, 5) is 23.0. The molecule has 1 atom stereocenters. The van der Waals surface area contributed by atoms with Crippen LogP contribution in [0.1, 0.15) is 98.5 Å². The summed E-state index contributed by atoms with van der Waals surface area (Å²) < 4.78 is 5.92. The molecule has 3 heterocycles. The van der Waals surface area contributed by atoms with E-state index in [0.29, 0.717) is 29.8 Å². The van der Waals surface area contributed by atoms with E-state index in [1.807, 2.05) is 5.38 Å². The lowest BCUT2D eigenvalue weighted by atomic mass is 9.94. The summed E-state index contributed by atoms with van der Waals surface area (Å²) in [5.74, 6) is 0.725. The van der Waals surface area contributed by atoms with Gasteiger partial charge in [0.25, 0.3) is 5.91 Å². The van der Waals surface area contributed by atoms with Crippen LogP contribution >= 0.6 is 11.3 Å². The highest BCUT2D eigenvalue weighted by Crippen LogP contribution is 2.36. The van der Waals surface area contributed by atoms with Crippen LogP contribution in [0.5, 0.6) is 0 Å². The molecule has 1 unspecified atom stereocenters. The first-order valence-corrected chi connectivity index (χ1v) is 13.3. The largest absolute Gasteiger partial charge is 0.377 e.